The van der Waals surface area contributed by atoms with Crippen molar-refractivity contribution in [3.63, 3.8) is 0 Å². The standard InChI is InChI=1S/C25H29NO5S/c1-4-16-26(32(29,30)23-14-11-20-7-5-6-8-21(20)18-23)17-15-19-9-12-22(13-10-19)31-25(2,3)24(27)28/h5-14,18H,4,15-17H2,1-3H3,(H,27,28). The van der Waals surface area contributed by atoms with Crippen LogP contribution in [0.25, 0.3) is 10.8 Å². The molecule has 0 bridgehead atoms. The average Bonchev–Trinajstić information content (AvgIpc) is 2.76. The van der Waals surface area contributed by atoms with Crippen LogP contribution in [0.4, 0.5) is 0 Å². The fourth-order valence-corrected chi connectivity index (χ4v) is 4.96. The van der Waals surface area contributed by atoms with Gasteiger partial charge in [-0.3, -0.25) is 0 Å². The zero-order chi connectivity index (χ0) is 23.4. The van der Waals surface area contributed by atoms with Crippen LogP contribution < -0.4 is 4.74 Å². The topological polar surface area (TPSA) is 83.9 Å². The fraction of sp³-hybridized carbons (Fsp3) is 0.320. The van der Waals surface area contributed by atoms with Crippen LogP contribution in [-0.4, -0.2) is 42.5 Å². The molecule has 3 aromatic carbocycles. The summed E-state index contributed by atoms with van der Waals surface area (Å²) in [4.78, 5) is 11.5. The highest BCUT2D eigenvalue weighted by atomic mass is 32.2. The van der Waals surface area contributed by atoms with Crippen molar-refractivity contribution in [2.75, 3.05) is 13.1 Å². The van der Waals surface area contributed by atoms with Crippen LogP contribution in [0.15, 0.2) is 71.6 Å². The molecule has 0 saturated carbocycles. The number of carbonyl (C=O) groups is 1. The fourth-order valence-electron chi connectivity index (χ4n) is 3.39. The Bertz CT molecular complexity index is 1190. The molecule has 6 nitrogen and oxygen atoms in total. The summed E-state index contributed by atoms with van der Waals surface area (Å²) in [6.45, 7) is 5.72. The first-order valence-corrected chi connectivity index (χ1v) is 12.1. The van der Waals surface area contributed by atoms with Gasteiger partial charge in [-0.05, 0) is 67.3 Å². The van der Waals surface area contributed by atoms with E-state index >= 15 is 0 Å². The number of ether oxygens (including phenoxy) is 1. The lowest BCUT2D eigenvalue weighted by Crippen LogP contribution is -2.37. The van der Waals surface area contributed by atoms with Gasteiger partial charge in [-0.1, -0.05) is 49.4 Å². The molecule has 0 aliphatic rings. The molecule has 0 saturated heterocycles. The zero-order valence-electron chi connectivity index (χ0n) is 18.6. The SMILES string of the molecule is CCCN(CCc1ccc(OC(C)(C)C(=O)O)cc1)S(=O)(=O)c1ccc2ccccc2c1. The lowest BCUT2D eigenvalue weighted by atomic mass is 10.1. The van der Waals surface area contributed by atoms with Crippen LogP contribution in [0.1, 0.15) is 32.8 Å². The molecule has 0 aliphatic heterocycles. The van der Waals surface area contributed by atoms with Gasteiger partial charge >= 0.3 is 5.97 Å². The third kappa shape index (κ3) is 5.47. The minimum Gasteiger partial charge on any atom is -0.478 e. The number of carboxylic acid groups (broad SMARTS) is 1. The van der Waals surface area contributed by atoms with Gasteiger partial charge in [0, 0.05) is 13.1 Å². The van der Waals surface area contributed by atoms with Gasteiger partial charge in [0.05, 0.1) is 4.90 Å². The number of rotatable bonds is 10. The van der Waals surface area contributed by atoms with E-state index in [1.165, 1.54) is 18.2 Å². The Morgan fingerprint density at radius 1 is 0.969 bits per heavy atom. The summed E-state index contributed by atoms with van der Waals surface area (Å²) in [6.07, 6.45) is 1.25. The maximum atomic E-state index is 13.3. The molecule has 7 heteroatoms. The number of hydrogen-bond acceptors (Lipinski definition) is 4. The number of benzene rings is 3. The van der Waals surface area contributed by atoms with Crippen molar-refractivity contribution in [1.29, 1.82) is 0 Å². The van der Waals surface area contributed by atoms with E-state index in [4.69, 9.17) is 4.74 Å². The van der Waals surface area contributed by atoms with Crippen molar-refractivity contribution < 1.29 is 23.1 Å². The maximum absolute atomic E-state index is 13.3. The predicted octanol–water partition coefficient (Wildman–Crippen LogP) is 4.73. The molecule has 170 valence electrons. The third-order valence-corrected chi connectivity index (χ3v) is 7.19. The summed E-state index contributed by atoms with van der Waals surface area (Å²) in [6, 6.07) is 20.0. The number of carboxylic acids is 1. The number of aliphatic carboxylic acids is 1. The first-order chi connectivity index (χ1) is 15.1. The quantitative estimate of drug-likeness (QED) is 0.478. The molecule has 0 amide bonds. The number of fused-ring (bicyclic) bond motifs is 1. The molecule has 1 N–H and O–H groups in total. The summed E-state index contributed by atoms with van der Waals surface area (Å²) >= 11 is 0. The minimum atomic E-state index is -3.62. The average molecular weight is 456 g/mol. The summed E-state index contributed by atoms with van der Waals surface area (Å²) in [5, 5.41) is 11.1. The summed E-state index contributed by atoms with van der Waals surface area (Å²) < 4.78 is 33.7. The Hall–Kier alpha value is -2.90. The van der Waals surface area contributed by atoms with E-state index in [2.05, 4.69) is 0 Å². The summed E-state index contributed by atoms with van der Waals surface area (Å²) in [5.41, 5.74) is -0.381. The van der Waals surface area contributed by atoms with E-state index < -0.39 is 21.6 Å². The van der Waals surface area contributed by atoms with Gasteiger partial charge in [0.2, 0.25) is 10.0 Å². The molecule has 0 atom stereocenters. The highest BCUT2D eigenvalue weighted by Crippen LogP contribution is 2.23. The van der Waals surface area contributed by atoms with Gasteiger partial charge in [0.15, 0.2) is 5.60 Å². The second-order valence-electron chi connectivity index (χ2n) is 8.22. The number of nitrogens with zero attached hydrogens (tertiary/aromatic N) is 1. The second-order valence-corrected chi connectivity index (χ2v) is 10.2. The van der Waals surface area contributed by atoms with Crippen LogP contribution in [0.2, 0.25) is 0 Å². The van der Waals surface area contributed by atoms with E-state index in [0.29, 0.717) is 36.6 Å². The van der Waals surface area contributed by atoms with Gasteiger partial charge in [-0.15, -0.1) is 0 Å². The Kier molecular flexibility index (Phi) is 7.21. The van der Waals surface area contributed by atoms with Gasteiger partial charge in [0.1, 0.15) is 5.75 Å². The van der Waals surface area contributed by atoms with Crippen molar-refractivity contribution in [3.05, 3.63) is 72.3 Å². The van der Waals surface area contributed by atoms with Crippen LogP contribution >= 0.6 is 0 Å². The van der Waals surface area contributed by atoms with Gasteiger partial charge < -0.3 is 9.84 Å². The van der Waals surface area contributed by atoms with Crippen LogP contribution in [0, 0.1) is 0 Å². The van der Waals surface area contributed by atoms with Crippen molar-refractivity contribution in [3.8, 4) is 5.75 Å². The van der Waals surface area contributed by atoms with Gasteiger partial charge in [-0.25, -0.2) is 13.2 Å². The Labute approximate surface area is 189 Å². The van der Waals surface area contributed by atoms with Crippen molar-refractivity contribution in [1.82, 2.24) is 4.31 Å². The monoisotopic (exact) mass is 455 g/mol. The zero-order valence-corrected chi connectivity index (χ0v) is 19.4. The van der Waals surface area contributed by atoms with E-state index in [1.54, 1.807) is 24.3 Å². The first kappa shape index (κ1) is 23.8. The van der Waals surface area contributed by atoms with E-state index in [-0.39, 0.29) is 0 Å². The molecule has 0 radical (unpaired) electrons. The smallest absolute Gasteiger partial charge is 0.347 e. The normalized spacial score (nSPS) is 12.2. The molecule has 3 rings (SSSR count). The number of sulfonamides is 1. The molecule has 32 heavy (non-hydrogen) atoms. The Morgan fingerprint density at radius 2 is 1.62 bits per heavy atom. The maximum Gasteiger partial charge on any atom is 0.347 e. The minimum absolute atomic E-state index is 0.296. The van der Waals surface area contributed by atoms with Crippen molar-refractivity contribution in [2.24, 2.45) is 0 Å². The molecule has 0 spiro atoms. The molecule has 0 heterocycles. The summed E-state index contributed by atoms with van der Waals surface area (Å²) in [5.74, 6) is -0.592. The Balaban J connectivity index is 1.74. The Morgan fingerprint density at radius 3 is 2.25 bits per heavy atom. The third-order valence-electron chi connectivity index (χ3n) is 5.29. The molecule has 0 fully saturated rings. The highest BCUT2D eigenvalue weighted by Gasteiger charge is 2.29. The largest absolute Gasteiger partial charge is 0.478 e. The molecular weight excluding hydrogens is 426 g/mol. The lowest BCUT2D eigenvalue weighted by Gasteiger charge is -2.23. The highest BCUT2D eigenvalue weighted by molar-refractivity contribution is 7.89. The second kappa shape index (κ2) is 9.71. The first-order valence-electron chi connectivity index (χ1n) is 10.6. The van der Waals surface area contributed by atoms with E-state index in [1.807, 2.05) is 49.4 Å². The predicted molar refractivity (Wildman–Crippen MR) is 125 cm³/mol. The van der Waals surface area contributed by atoms with Crippen LogP contribution in [-0.2, 0) is 21.2 Å². The van der Waals surface area contributed by atoms with Crippen molar-refractivity contribution in [2.45, 2.75) is 44.1 Å². The molecular formula is C25H29NO5S. The lowest BCUT2D eigenvalue weighted by molar-refractivity contribution is -0.152. The van der Waals surface area contributed by atoms with E-state index in [0.717, 1.165) is 16.3 Å². The molecule has 0 aliphatic carbocycles. The van der Waals surface area contributed by atoms with Crippen LogP contribution in [0.5, 0.6) is 5.75 Å². The van der Waals surface area contributed by atoms with Crippen molar-refractivity contribution >= 4 is 26.8 Å². The summed E-state index contributed by atoms with van der Waals surface area (Å²) in [7, 11) is -3.62. The van der Waals surface area contributed by atoms with Crippen LogP contribution in [0.3, 0.4) is 0 Å². The molecule has 0 unspecified atom stereocenters. The number of hydrogen-bond donors (Lipinski definition) is 1. The molecule has 3 aromatic rings. The van der Waals surface area contributed by atoms with E-state index in [9.17, 15) is 18.3 Å². The van der Waals surface area contributed by atoms with Gasteiger partial charge in [-0.2, -0.15) is 4.31 Å². The van der Waals surface area contributed by atoms with Gasteiger partial charge in [0.25, 0.3) is 0 Å². The molecule has 0 aromatic heterocycles.